The van der Waals surface area contributed by atoms with Crippen molar-refractivity contribution >= 4 is 22.9 Å². The predicted molar refractivity (Wildman–Crippen MR) is 61.4 cm³/mol. The number of benzene rings is 1. The normalized spacial score (nSPS) is 9.46. The van der Waals surface area contributed by atoms with Gasteiger partial charge in [0.05, 0.1) is 0 Å². The molecule has 0 amide bonds. The average Bonchev–Trinajstić information content (AvgIpc) is 2.16. The Morgan fingerprint density at radius 2 is 1.92 bits per heavy atom. The number of thiocarbonyl (C=S) groups is 1. The van der Waals surface area contributed by atoms with Gasteiger partial charge in [0.25, 0.3) is 0 Å². The predicted octanol–water partition coefficient (Wildman–Crippen LogP) is 1.97. The molecule has 1 aromatic rings. The van der Waals surface area contributed by atoms with Gasteiger partial charge in [0, 0.05) is 32.4 Å². The molecule has 0 spiro atoms. The van der Waals surface area contributed by atoms with Crippen LogP contribution in [0.1, 0.15) is 5.56 Å². The maximum absolute atomic E-state index is 5.28. The highest BCUT2D eigenvalue weighted by molar-refractivity contribution is 7.80. The molecule has 3 heteroatoms. The monoisotopic (exact) mass is 194 g/mol. The number of hydrogen-bond donors (Lipinski definition) is 1. The third kappa shape index (κ3) is 2.18. The quantitative estimate of drug-likeness (QED) is 0.725. The van der Waals surface area contributed by atoms with Crippen LogP contribution in [0.2, 0.25) is 0 Å². The van der Waals surface area contributed by atoms with E-state index in [-0.39, 0.29) is 0 Å². The van der Waals surface area contributed by atoms with Gasteiger partial charge >= 0.3 is 0 Å². The van der Waals surface area contributed by atoms with Crippen LogP contribution in [0.4, 0.5) is 5.69 Å². The number of para-hydroxylation sites is 1. The number of hydrogen-bond acceptors (Lipinski definition) is 2. The van der Waals surface area contributed by atoms with Crippen LogP contribution >= 0.6 is 12.2 Å². The largest absolute Gasteiger partial charge is 0.388 e. The molecule has 1 N–H and O–H groups in total. The fourth-order valence-electron chi connectivity index (χ4n) is 1.13. The van der Waals surface area contributed by atoms with Crippen molar-refractivity contribution in [1.29, 1.82) is 0 Å². The van der Waals surface area contributed by atoms with Gasteiger partial charge < -0.3 is 10.2 Å². The number of rotatable bonds is 2. The molecule has 0 aliphatic rings. The second kappa shape index (κ2) is 4.23. The molecule has 0 aliphatic carbocycles. The van der Waals surface area contributed by atoms with E-state index in [9.17, 15) is 0 Å². The smallest absolute Gasteiger partial charge is 0.110 e. The second-order valence-electron chi connectivity index (χ2n) is 3.00. The molecular formula is C10H14N2S. The van der Waals surface area contributed by atoms with Crippen LogP contribution in [-0.2, 0) is 0 Å². The van der Waals surface area contributed by atoms with Crippen molar-refractivity contribution in [1.82, 2.24) is 4.90 Å². The van der Waals surface area contributed by atoms with Gasteiger partial charge in [-0.2, -0.15) is 0 Å². The number of nitrogens with zero attached hydrogens (tertiary/aromatic N) is 1. The molecule has 70 valence electrons. The summed E-state index contributed by atoms with van der Waals surface area (Å²) in [6.45, 7) is 0. The van der Waals surface area contributed by atoms with Gasteiger partial charge in [-0.25, -0.2) is 0 Å². The lowest BCUT2D eigenvalue weighted by Crippen LogP contribution is -2.21. The van der Waals surface area contributed by atoms with E-state index < -0.39 is 0 Å². The number of nitrogens with one attached hydrogen (secondary N) is 1. The number of anilines is 1. The van der Waals surface area contributed by atoms with Gasteiger partial charge in [0.2, 0.25) is 0 Å². The van der Waals surface area contributed by atoms with E-state index in [0.717, 1.165) is 16.2 Å². The molecule has 0 saturated heterocycles. The molecule has 2 nitrogen and oxygen atoms in total. The summed E-state index contributed by atoms with van der Waals surface area (Å²) in [4.78, 5) is 2.79. The summed E-state index contributed by atoms with van der Waals surface area (Å²) in [5.74, 6) is 0. The van der Waals surface area contributed by atoms with E-state index in [1.54, 1.807) is 0 Å². The van der Waals surface area contributed by atoms with Gasteiger partial charge in [0.15, 0.2) is 0 Å². The average molecular weight is 194 g/mol. The lowest BCUT2D eigenvalue weighted by Gasteiger charge is -2.16. The Kier molecular flexibility index (Phi) is 3.25. The highest BCUT2D eigenvalue weighted by Gasteiger charge is 2.06. The third-order valence-electron chi connectivity index (χ3n) is 1.83. The van der Waals surface area contributed by atoms with Crippen LogP contribution in [0.25, 0.3) is 0 Å². The van der Waals surface area contributed by atoms with Crippen molar-refractivity contribution in [2.45, 2.75) is 0 Å². The fraction of sp³-hybridized carbons (Fsp3) is 0.300. The van der Waals surface area contributed by atoms with Crippen LogP contribution in [0.15, 0.2) is 24.3 Å². The maximum Gasteiger partial charge on any atom is 0.110 e. The molecule has 0 atom stereocenters. The summed E-state index contributed by atoms with van der Waals surface area (Å²) in [5.41, 5.74) is 2.14. The van der Waals surface area contributed by atoms with Crippen molar-refractivity contribution in [3.8, 4) is 0 Å². The Bertz CT molecular complexity index is 308. The Morgan fingerprint density at radius 3 is 2.46 bits per heavy atom. The van der Waals surface area contributed by atoms with Crippen LogP contribution < -0.4 is 5.32 Å². The second-order valence-corrected chi connectivity index (χ2v) is 3.38. The molecule has 0 unspecified atom stereocenters. The summed E-state index contributed by atoms with van der Waals surface area (Å²) in [6, 6.07) is 8.03. The van der Waals surface area contributed by atoms with Gasteiger partial charge in [-0.3, -0.25) is 0 Å². The molecular weight excluding hydrogens is 180 g/mol. The summed E-state index contributed by atoms with van der Waals surface area (Å²) >= 11 is 5.28. The van der Waals surface area contributed by atoms with E-state index >= 15 is 0 Å². The van der Waals surface area contributed by atoms with Crippen molar-refractivity contribution in [2.75, 3.05) is 26.5 Å². The standard InChI is InChI=1S/C10H14N2S/c1-11-9-7-5-4-6-8(9)10(13)12(2)3/h4-7,11H,1-3H3. The van der Waals surface area contributed by atoms with Crippen LogP contribution in [0, 0.1) is 0 Å². The van der Waals surface area contributed by atoms with Crippen LogP contribution in [0.3, 0.4) is 0 Å². The fourth-order valence-corrected chi connectivity index (χ4v) is 1.31. The molecule has 1 rings (SSSR count). The minimum atomic E-state index is 0.852. The van der Waals surface area contributed by atoms with Crippen molar-refractivity contribution in [3.63, 3.8) is 0 Å². The zero-order valence-electron chi connectivity index (χ0n) is 8.16. The zero-order valence-corrected chi connectivity index (χ0v) is 8.98. The molecule has 13 heavy (non-hydrogen) atoms. The minimum Gasteiger partial charge on any atom is -0.388 e. The summed E-state index contributed by atoms with van der Waals surface area (Å²) in [6.07, 6.45) is 0. The molecule has 0 aliphatic heterocycles. The molecule has 0 fully saturated rings. The molecule has 0 radical (unpaired) electrons. The van der Waals surface area contributed by atoms with E-state index in [1.165, 1.54) is 0 Å². The maximum atomic E-state index is 5.28. The molecule has 0 bridgehead atoms. The van der Waals surface area contributed by atoms with E-state index in [1.807, 2.05) is 50.3 Å². The Balaban J connectivity index is 3.06. The van der Waals surface area contributed by atoms with Crippen molar-refractivity contribution in [3.05, 3.63) is 29.8 Å². The van der Waals surface area contributed by atoms with Gasteiger partial charge in [-0.1, -0.05) is 24.4 Å². The summed E-state index contributed by atoms with van der Waals surface area (Å²) in [5, 5.41) is 3.12. The molecule has 0 heterocycles. The highest BCUT2D eigenvalue weighted by atomic mass is 32.1. The third-order valence-corrected chi connectivity index (χ3v) is 2.42. The van der Waals surface area contributed by atoms with Crippen LogP contribution in [0.5, 0.6) is 0 Å². The van der Waals surface area contributed by atoms with Crippen LogP contribution in [-0.4, -0.2) is 31.0 Å². The lowest BCUT2D eigenvalue weighted by atomic mass is 10.1. The Morgan fingerprint density at radius 1 is 1.31 bits per heavy atom. The van der Waals surface area contributed by atoms with Gasteiger partial charge in [-0.15, -0.1) is 0 Å². The van der Waals surface area contributed by atoms with Gasteiger partial charge in [0.1, 0.15) is 4.99 Å². The molecule has 0 aromatic heterocycles. The first kappa shape index (κ1) is 9.99. The van der Waals surface area contributed by atoms with E-state index in [0.29, 0.717) is 0 Å². The summed E-state index contributed by atoms with van der Waals surface area (Å²) < 4.78 is 0. The summed E-state index contributed by atoms with van der Waals surface area (Å²) in [7, 11) is 5.81. The topological polar surface area (TPSA) is 15.3 Å². The molecule has 0 saturated carbocycles. The first-order valence-corrected chi connectivity index (χ1v) is 4.56. The van der Waals surface area contributed by atoms with Crippen molar-refractivity contribution < 1.29 is 0 Å². The SMILES string of the molecule is CNc1ccccc1C(=S)N(C)C. The first-order chi connectivity index (χ1) is 6.16. The first-order valence-electron chi connectivity index (χ1n) is 4.15. The van der Waals surface area contributed by atoms with E-state index in [2.05, 4.69) is 5.32 Å². The minimum absolute atomic E-state index is 0.852. The van der Waals surface area contributed by atoms with E-state index in [4.69, 9.17) is 12.2 Å². The Hall–Kier alpha value is -1.09. The zero-order chi connectivity index (χ0) is 9.84. The Labute approximate surface area is 84.6 Å². The lowest BCUT2D eigenvalue weighted by molar-refractivity contribution is 0.637. The molecule has 1 aromatic carbocycles. The van der Waals surface area contributed by atoms with Gasteiger partial charge in [-0.05, 0) is 12.1 Å². The highest BCUT2D eigenvalue weighted by Crippen LogP contribution is 2.15. The van der Waals surface area contributed by atoms with Crippen molar-refractivity contribution in [2.24, 2.45) is 0 Å².